The van der Waals surface area contributed by atoms with E-state index in [0.717, 1.165) is 45.6 Å². The van der Waals surface area contributed by atoms with Gasteiger partial charge in [0.2, 0.25) is 0 Å². The Morgan fingerprint density at radius 3 is 2.43 bits per heavy atom. The molecule has 47 heavy (non-hydrogen) atoms. The van der Waals surface area contributed by atoms with Gasteiger partial charge in [0.05, 0.1) is 23.8 Å². The van der Waals surface area contributed by atoms with Crippen LogP contribution in [0.5, 0.6) is 0 Å². The maximum Gasteiger partial charge on any atom is 0.490 e. The summed E-state index contributed by atoms with van der Waals surface area (Å²) < 4.78 is 34.3. The second-order valence-corrected chi connectivity index (χ2v) is 13.2. The SMILES string of the molecule is CCCN(CCCN(C)C)c1cc(/C=C2\Sc3cccc4c3N2CCC4)c2ccccc2[n+]1Cc1ccccc1.O=C(O)C(F)(F)F. The number of benzene rings is 3. The molecule has 6 nitrogen and oxygen atoms in total. The lowest BCUT2D eigenvalue weighted by molar-refractivity contribution is -0.649. The van der Waals surface area contributed by atoms with Crippen molar-refractivity contribution in [3.8, 4) is 0 Å². The first-order chi connectivity index (χ1) is 22.6. The number of carbonyl (C=O) groups is 1. The number of hydrogen-bond acceptors (Lipinski definition) is 5. The van der Waals surface area contributed by atoms with Gasteiger partial charge < -0.3 is 14.9 Å². The molecule has 2 aliphatic heterocycles. The Morgan fingerprint density at radius 2 is 1.72 bits per heavy atom. The summed E-state index contributed by atoms with van der Waals surface area (Å²) in [7, 11) is 4.34. The third kappa shape index (κ3) is 8.29. The maximum atomic E-state index is 10.6. The smallest absolute Gasteiger partial charge is 0.475 e. The first-order valence-electron chi connectivity index (χ1n) is 16.0. The minimum Gasteiger partial charge on any atom is -0.475 e. The van der Waals surface area contributed by atoms with Crippen molar-refractivity contribution in [2.45, 2.75) is 50.2 Å². The monoisotopic (exact) mass is 663 g/mol. The highest BCUT2D eigenvalue weighted by molar-refractivity contribution is 8.03. The molecule has 3 aromatic carbocycles. The van der Waals surface area contributed by atoms with Gasteiger partial charge in [-0.3, -0.25) is 4.90 Å². The van der Waals surface area contributed by atoms with Crippen molar-refractivity contribution in [3.63, 3.8) is 0 Å². The number of halogens is 3. The Hall–Kier alpha value is -4.02. The highest BCUT2D eigenvalue weighted by Gasteiger charge is 2.38. The summed E-state index contributed by atoms with van der Waals surface area (Å²) in [6, 6.07) is 29.2. The molecule has 248 valence electrons. The van der Waals surface area contributed by atoms with Gasteiger partial charge in [-0.1, -0.05) is 79.3 Å². The number of carboxylic acid groups (broad SMARTS) is 1. The minimum absolute atomic E-state index is 0.858. The molecule has 0 saturated heterocycles. The van der Waals surface area contributed by atoms with Crippen molar-refractivity contribution in [2.24, 2.45) is 0 Å². The summed E-state index contributed by atoms with van der Waals surface area (Å²) in [5.41, 5.74) is 6.88. The summed E-state index contributed by atoms with van der Waals surface area (Å²) in [6.45, 7) is 7.44. The molecular weight excluding hydrogens is 621 g/mol. The molecule has 0 radical (unpaired) electrons. The molecule has 0 amide bonds. The first kappa shape index (κ1) is 34.3. The number of anilines is 2. The zero-order chi connectivity index (χ0) is 33.6. The van der Waals surface area contributed by atoms with Gasteiger partial charge in [0.15, 0.2) is 0 Å². The zero-order valence-corrected chi connectivity index (χ0v) is 27.9. The standard InChI is InChI=1S/C35H41N4S.C2HF3O2/c1-4-20-37(22-12-21-36(2)3)33-24-29(25-34-38-23-11-16-28-15-10-19-32(40-34)35(28)38)30-17-8-9-18-31(30)39(33)26-27-13-6-5-7-14-27;3-2(4,5)1(6)7/h5-10,13-15,17-19,24-25H,4,11-12,16,20-23,26H2,1-3H3;(H,6,7)/q+1;. The van der Waals surface area contributed by atoms with E-state index >= 15 is 0 Å². The Balaban J connectivity index is 0.000000559. The number of nitrogens with zero attached hydrogens (tertiary/aromatic N) is 4. The van der Waals surface area contributed by atoms with Crippen LogP contribution in [0.1, 0.15) is 42.9 Å². The molecule has 6 rings (SSSR count). The number of alkyl halides is 3. The highest BCUT2D eigenvalue weighted by Crippen LogP contribution is 2.50. The van der Waals surface area contributed by atoms with E-state index in [9.17, 15) is 13.2 Å². The van der Waals surface area contributed by atoms with Crippen LogP contribution in [-0.4, -0.2) is 62.4 Å². The van der Waals surface area contributed by atoms with Crippen LogP contribution in [0.3, 0.4) is 0 Å². The lowest BCUT2D eigenvalue weighted by Gasteiger charge is -2.27. The molecule has 10 heteroatoms. The van der Waals surface area contributed by atoms with Crippen LogP contribution in [0.15, 0.2) is 88.8 Å². The van der Waals surface area contributed by atoms with Crippen LogP contribution < -0.4 is 14.4 Å². The van der Waals surface area contributed by atoms with Crippen molar-refractivity contribution in [1.82, 2.24) is 4.90 Å². The molecule has 0 atom stereocenters. The van der Waals surface area contributed by atoms with E-state index in [-0.39, 0.29) is 0 Å². The van der Waals surface area contributed by atoms with E-state index in [1.165, 1.54) is 61.9 Å². The number of para-hydroxylation sites is 2. The summed E-state index contributed by atoms with van der Waals surface area (Å²) in [6.07, 6.45) is 2.04. The van der Waals surface area contributed by atoms with Gasteiger partial charge in [0.1, 0.15) is 12.1 Å². The zero-order valence-electron chi connectivity index (χ0n) is 27.1. The normalized spacial score (nSPS) is 14.7. The molecule has 2 aliphatic rings. The van der Waals surface area contributed by atoms with Gasteiger partial charge in [-0.2, -0.15) is 13.2 Å². The Morgan fingerprint density at radius 1 is 1.00 bits per heavy atom. The number of thioether (sulfide) groups is 1. The minimum atomic E-state index is -5.08. The van der Waals surface area contributed by atoms with E-state index in [2.05, 4.69) is 125 Å². The van der Waals surface area contributed by atoms with E-state index in [1.807, 2.05) is 11.8 Å². The fourth-order valence-electron chi connectivity index (χ4n) is 6.20. The summed E-state index contributed by atoms with van der Waals surface area (Å²) in [5.74, 6) is -1.44. The van der Waals surface area contributed by atoms with Crippen molar-refractivity contribution >= 4 is 46.2 Å². The lowest BCUT2D eigenvalue weighted by atomic mass is 10.0. The molecule has 0 spiro atoms. The average molecular weight is 664 g/mol. The first-order valence-corrected chi connectivity index (χ1v) is 16.9. The molecule has 4 aromatic rings. The van der Waals surface area contributed by atoms with Gasteiger partial charge in [-0.05, 0) is 74.7 Å². The molecule has 0 saturated carbocycles. The van der Waals surface area contributed by atoms with E-state index in [4.69, 9.17) is 9.90 Å². The number of carboxylic acids is 1. The number of aromatic nitrogens is 1. The van der Waals surface area contributed by atoms with Crippen molar-refractivity contribution < 1.29 is 27.6 Å². The van der Waals surface area contributed by atoms with Crippen LogP contribution in [0, 0.1) is 0 Å². The molecular formula is C37H42F3N4O2S+. The van der Waals surface area contributed by atoms with E-state index in [0.29, 0.717) is 0 Å². The van der Waals surface area contributed by atoms with Crippen LogP contribution in [-0.2, 0) is 17.8 Å². The van der Waals surface area contributed by atoms with Gasteiger partial charge >= 0.3 is 12.1 Å². The fourth-order valence-corrected chi connectivity index (χ4v) is 7.39. The number of aliphatic carboxylic acids is 1. The molecule has 0 fully saturated rings. The fraction of sp³-hybridized carbons (Fsp3) is 0.351. The molecule has 3 heterocycles. The van der Waals surface area contributed by atoms with Crippen molar-refractivity contribution in [3.05, 3.63) is 101 Å². The molecule has 1 N–H and O–H groups in total. The molecule has 0 unspecified atom stereocenters. The van der Waals surface area contributed by atoms with Crippen LogP contribution >= 0.6 is 11.8 Å². The second-order valence-electron chi connectivity index (χ2n) is 12.1. The number of fused-ring (bicyclic) bond motifs is 1. The van der Waals surface area contributed by atoms with E-state index in [1.54, 1.807) is 0 Å². The van der Waals surface area contributed by atoms with Crippen LogP contribution in [0.2, 0.25) is 0 Å². The molecule has 1 aromatic heterocycles. The largest absolute Gasteiger partial charge is 0.490 e. The molecule has 0 aliphatic carbocycles. The Kier molecular flexibility index (Phi) is 11.1. The predicted molar refractivity (Wildman–Crippen MR) is 185 cm³/mol. The van der Waals surface area contributed by atoms with Gasteiger partial charge in [-0.15, -0.1) is 0 Å². The highest BCUT2D eigenvalue weighted by atomic mass is 32.2. The average Bonchev–Trinajstić information content (AvgIpc) is 3.40. The number of pyridine rings is 1. The van der Waals surface area contributed by atoms with E-state index < -0.39 is 12.1 Å². The predicted octanol–water partition coefficient (Wildman–Crippen LogP) is 7.83. The van der Waals surface area contributed by atoms with Gasteiger partial charge in [0, 0.05) is 29.4 Å². The summed E-state index contributed by atoms with van der Waals surface area (Å²) >= 11 is 1.94. The Bertz CT molecular complexity index is 1730. The quantitative estimate of drug-likeness (QED) is 0.175. The third-order valence-electron chi connectivity index (χ3n) is 8.28. The second kappa shape index (κ2) is 15.3. The third-order valence-corrected chi connectivity index (χ3v) is 9.38. The topological polar surface area (TPSA) is 50.9 Å². The summed E-state index contributed by atoms with van der Waals surface area (Å²) in [5, 5.41) is 9.79. The maximum absolute atomic E-state index is 10.6. The van der Waals surface area contributed by atoms with Crippen molar-refractivity contribution in [1.29, 1.82) is 0 Å². The number of rotatable bonds is 10. The lowest BCUT2D eigenvalue weighted by Crippen LogP contribution is -2.44. The van der Waals surface area contributed by atoms with Crippen molar-refractivity contribution in [2.75, 3.05) is 50.1 Å². The van der Waals surface area contributed by atoms with Crippen LogP contribution in [0.4, 0.5) is 24.7 Å². The van der Waals surface area contributed by atoms with Gasteiger partial charge in [-0.25, -0.2) is 9.36 Å². The Labute approximate surface area is 279 Å². The van der Waals surface area contributed by atoms with Crippen LogP contribution in [0.25, 0.3) is 17.0 Å². The summed E-state index contributed by atoms with van der Waals surface area (Å²) in [4.78, 5) is 17.8. The molecule has 0 bridgehead atoms. The number of hydrogen-bond donors (Lipinski definition) is 1. The number of aryl methyl sites for hydroxylation is 1. The van der Waals surface area contributed by atoms with Gasteiger partial charge in [0.25, 0.3) is 5.82 Å².